The standard InChI is InChI=1S/C22H31N3O5/c1-5-30-21(26)19-17(14-25-11-7-6-8-12-25)24(2)22(27)23-20(19)16-10-9-15(28-3)13-18(16)29-4/h9-10,13,20H,5-8,11-12,14H2,1-4H3,(H,23,27). The van der Waals surface area contributed by atoms with Crippen molar-refractivity contribution in [1.82, 2.24) is 15.1 Å². The van der Waals surface area contributed by atoms with Crippen molar-refractivity contribution in [2.24, 2.45) is 0 Å². The summed E-state index contributed by atoms with van der Waals surface area (Å²) in [5, 5.41) is 2.94. The molecule has 0 radical (unpaired) electrons. The first kappa shape index (κ1) is 22.0. The Bertz CT molecular complexity index is 817. The summed E-state index contributed by atoms with van der Waals surface area (Å²) in [5.74, 6) is 0.729. The lowest BCUT2D eigenvalue weighted by atomic mass is 9.93. The van der Waals surface area contributed by atoms with E-state index in [9.17, 15) is 9.59 Å². The highest BCUT2D eigenvalue weighted by molar-refractivity contribution is 5.95. The molecule has 1 aromatic carbocycles. The molecule has 2 heterocycles. The molecule has 2 amide bonds. The fourth-order valence-electron chi connectivity index (χ4n) is 4.02. The molecular formula is C22H31N3O5. The maximum atomic E-state index is 13.1. The smallest absolute Gasteiger partial charge is 0.338 e. The zero-order valence-electron chi connectivity index (χ0n) is 18.2. The molecule has 1 aromatic rings. The van der Waals surface area contributed by atoms with Crippen molar-refractivity contribution in [1.29, 1.82) is 0 Å². The largest absolute Gasteiger partial charge is 0.497 e. The minimum Gasteiger partial charge on any atom is -0.497 e. The third-order valence-corrected chi connectivity index (χ3v) is 5.65. The maximum absolute atomic E-state index is 13.1. The number of ether oxygens (including phenoxy) is 3. The van der Waals surface area contributed by atoms with Gasteiger partial charge in [-0.3, -0.25) is 9.80 Å². The predicted octanol–water partition coefficient (Wildman–Crippen LogP) is 2.70. The number of carbonyl (C=O) groups excluding carboxylic acids is 2. The van der Waals surface area contributed by atoms with Crippen LogP contribution < -0.4 is 14.8 Å². The van der Waals surface area contributed by atoms with Gasteiger partial charge in [-0.2, -0.15) is 0 Å². The van der Waals surface area contributed by atoms with Crippen LogP contribution in [0.15, 0.2) is 29.5 Å². The Kier molecular flexibility index (Phi) is 7.20. The van der Waals surface area contributed by atoms with E-state index in [2.05, 4.69) is 10.2 Å². The van der Waals surface area contributed by atoms with Gasteiger partial charge in [-0.15, -0.1) is 0 Å². The van der Waals surface area contributed by atoms with Crippen LogP contribution in [0.2, 0.25) is 0 Å². The summed E-state index contributed by atoms with van der Waals surface area (Å²) in [6, 6.07) is 4.40. The number of methoxy groups -OCH3 is 2. The number of piperidine rings is 1. The van der Waals surface area contributed by atoms with Crippen molar-refractivity contribution in [3.63, 3.8) is 0 Å². The van der Waals surface area contributed by atoms with Crippen LogP contribution in [0.4, 0.5) is 4.79 Å². The zero-order valence-corrected chi connectivity index (χ0v) is 18.2. The molecule has 8 heteroatoms. The van der Waals surface area contributed by atoms with Crippen molar-refractivity contribution in [2.75, 3.05) is 47.5 Å². The molecule has 0 saturated carbocycles. The molecule has 2 aliphatic heterocycles. The van der Waals surface area contributed by atoms with Crippen LogP contribution in [-0.2, 0) is 9.53 Å². The Hall–Kier alpha value is -2.74. The van der Waals surface area contributed by atoms with E-state index < -0.39 is 12.0 Å². The van der Waals surface area contributed by atoms with Gasteiger partial charge in [0, 0.05) is 30.9 Å². The Morgan fingerprint density at radius 2 is 1.90 bits per heavy atom. The first-order valence-electron chi connectivity index (χ1n) is 10.4. The summed E-state index contributed by atoms with van der Waals surface area (Å²) < 4.78 is 16.2. The van der Waals surface area contributed by atoms with Gasteiger partial charge in [0.05, 0.1) is 32.4 Å². The molecule has 164 valence electrons. The van der Waals surface area contributed by atoms with Crippen LogP contribution in [0.25, 0.3) is 0 Å². The van der Waals surface area contributed by atoms with Gasteiger partial charge in [0.15, 0.2) is 0 Å². The fourth-order valence-corrected chi connectivity index (χ4v) is 4.02. The first-order chi connectivity index (χ1) is 14.5. The molecule has 8 nitrogen and oxygen atoms in total. The van der Waals surface area contributed by atoms with Crippen molar-refractivity contribution < 1.29 is 23.8 Å². The molecule has 1 fully saturated rings. The number of hydrogen-bond acceptors (Lipinski definition) is 6. The summed E-state index contributed by atoms with van der Waals surface area (Å²) in [6.45, 7) is 4.45. The predicted molar refractivity (Wildman–Crippen MR) is 113 cm³/mol. The molecule has 0 aliphatic carbocycles. The zero-order chi connectivity index (χ0) is 21.7. The monoisotopic (exact) mass is 417 g/mol. The van der Waals surface area contributed by atoms with Crippen LogP contribution in [0.3, 0.4) is 0 Å². The molecule has 3 rings (SSSR count). The van der Waals surface area contributed by atoms with Crippen molar-refractivity contribution >= 4 is 12.0 Å². The van der Waals surface area contributed by atoms with E-state index in [0.29, 0.717) is 34.9 Å². The minimum absolute atomic E-state index is 0.253. The second kappa shape index (κ2) is 9.84. The van der Waals surface area contributed by atoms with Gasteiger partial charge in [0.1, 0.15) is 11.5 Å². The third kappa shape index (κ3) is 4.53. The van der Waals surface area contributed by atoms with Gasteiger partial charge in [-0.05, 0) is 45.0 Å². The second-order valence-electron chi connectivity index (χ2n) is 7.47. The second-order valence-corrected chi connectivity index (χ2v) is 7.47. The van der Waals surface area contributed by atoms with Crippen LogP contribution in [0, 0.1) is 0 Å². The number of benzene rings is 1. The lowest BCUT2D eigenvalue weighted by molar-refractivity contribution is -0.139. The van der Waals surface area contributed by atoms with E-state index in [1.54, 1.807) is 40.3 Å². The number of likely N-dealkylation sites (tertiary alicyclic amines) is 1. The molecule has 1 unspecified atom stereocenters. The Morgan fingerprint density at radius 1 is 1.17 bits per heavy atom. The molecule has 0 spiro atoms. The fraction of sp³-hybridized carbons (Fsp3) is 0.545. The van der Waals surface area contributed by atoms with Gasteiger partial charge in [-0.1, -0.05) is 6.42 Å². The Morgan fingerprint density at radius 3 is 2.53 bits per heavy atom. The van der Waals surface area contributed by atoms with Crippen molar-refractivity contribution in [3.8, 4) is 11.5 Å². The van der Waals surface area contributed by atoms with Gasteiger partial charge in [0.2, 0.25) is 0 Å². The summed E-state index contributed by atoms with van der Waals surface area (Å²) in [4.78, 5) is 29.7. The number of likely N-dealkylation sites (N-methyl/N-ethyl adjacent to an activating group) is 1. The number of esters is 1. The molecule has 1 atom stereocenters. The van der Waals surface area contributed by atoms with E-state index in [-0.39, 0.29) is 12.6 Å². The molecule has 2 aliphatic rings. The third-order valence-electron chi connectivity index (χ3n) is 5.65. The van der Waals surface area contributed by atoms with Gasteiger partial charge in [0.25, 0.3) is 0 Å². The summed E-state index contributed by atoms with van der Waals surface area (Å²) in [7, 11) is 4.82. The molecule has 0 bridgehead atoms. The number of hydrogen-bond donors (Lipinski definition) is 1. The lowest BCUT2D eigenvalue weighted by Gasteiger charge is -2.37. The topological polar surface area (TPSA) is 80.3 Å². The minimum atomic E-state index is -0.673. The normalized spacial score (nSPS) is 20.1. The molecule has 1 saturated heterocycles. The highest BCUT2D eigenvalue weighted by Gasteiger charge is 2.38. The van der Waals surface area contributed by atoms with E-state index in [1.165, 1.54) is 11.3 Å². The Labute approximate surface area is 177 Å². The average Bonchev–Trinajstić information content (AvgIpc) is 2.77. The maximum Gasteiger partial charge on any atom is 0.338 e. The number of urea groups is 1. The number of nitrogens with zero attached hydrogens (tertiary/aromatic N) is 2. The molecular weight excluding hydrogens is 386 g/mol. The van der Waals surface area contributed by atoms with Crippen molar-refractivity contribution in [2.45, 2.75) is 32.2 Å². The van der Waals surface area contributed by atoms with E-state index in [4.69, 9.17) is 14.2 Å². The number of amides is 2. The molecule has 0 aromatic heterocycles. The quantitative estimate of drug-likeness (QED) is 0.687. The highest BCUT2D eigenvalue weighted by atomic mass is 16.5. The Balaban J connectivity index is 2.09. The van der Waals surface area contributed by atoms with Crippen LogP contribution >= 0.6 is 0 Å². The van der Waals surface area contributed by atoms with Crippen LogP contribution in [0.1, 0.15) is 37.8 Å². The highest BCUT2D eigenvalue weighted by Crippen LogP contribution is 2.37. The van der Waals surface area contributed by atoms with E-state index >= 15 is 0 Å². The van der Waals surface area contributed by atoms with E-state index in [0.717, 1.165) is 25.9 Å². The number of nitrogens with one attached hydrogen (secondary N) is 1. The molecule has 1 N–H and O–H groups in total. The number of rotatable bonds is 7. The molecule has 30 heavy (non-hydrogen) atoms. The van der Waals surface area contributed by atoms with Gasteiger partial charge >= 0.3 is 12.0 Å². The van der Waals surface area contributed by atoms with Gasteiger partial charge < -0.3 is 19.5 Å². The first-order valence-corrected chi connectivity index (χ1v) is 10.4. The number of carbonyl (C=O) groups is 2. The van der Waals surface area contributed by atoms with Crippen LogP contribution in [-0.4, -0.2) is 69.3 Å². The average molecular weight is 418 g/mol. The summed E-state index contributed by atoms with van der Waals surface area (Å²) >= 11 is 0. The summed E-state index contributed by atoms with van der Waals surface area (Å²) in [5.41, 5.74) is 1.79. The van der Waals surface area contributed by atoms with E-state index in [1.807, 2.05) is 6.07 Å². The lowest BCUT2D eigenvalue weighted by Crippen LogP contribution is -2.49. The van der Waals surface area contributed by atoms with Crippen molar-refractivity contribution in [3.05, 3.63) is 35.0 Å². The van der Waals surface area contributed by atoms with Gasteiger partial charge in [-0.25, -0.2) is 9.59 Å². The van der Waals surface area contributed by atoms with Crippen LogP contribution in [0.5, 0.6) is 11.5 Å². The SMILES string of the molecule is CCOC(=O)C1=C(CN2CCCCC2)N(C)C(=O)NC1c1ccc(OC)cc1OC. The summed E-state index contributed by atoms with van der Waals surface area (Å²) in [6.07, 6.45) is 3.45.